The van der Waals surface area contributed by atoms with Crippen molar-refractivity contribution in [1.82, 2.24) is 4.98 Å². The number of anilines is 3. The van der Waals surface area contributed by atoms with Crippen molar-refractivity contribution in [1.29, 1.82) is 0 Å². The van der Waals surface area contributed by atoms with E-state index in [1.54, 1.807) is 18.2 Å². The van der Waals surface area contributed by atoms with Crippen LogP contribution in [-0.2, 0) is 4.79 Å². The maximum Gasteiger partial charge on any atom is 0.262 e. The molecule has 0 aliphatic rings. The molecule has 1 aromatic heterocycles. The van der Waals surface area contributed by atoms with E-state index in [1.807, 2.05) is 19.1 Å². The number of hydrogen-bond acceptors (Lipinski definition) is 4. The number of aryl methyl sites for hydroxylation is 1. The Labute approximate surface area is 155 Å². The molecule has 5 nitrogen and oxygen atoms in total. The van der Waals surface area contributed by atoms with Crippen molar-refractivity contribution in [2.24, 2.45) is 0 Å². The molecule has 0 unspecified atom stereocenters. The average Bonchev–Trinajstić information content (AvgIpc) is 2.66. The second kappa shape index (κ2) is 8.27. The van der Waals surface area contributed by atoms with E-state index in [1.165, 1.54) is 18.3 Å². The normalized spacial score (nSPS) is 10.3. The number of ether oxygens (including phenoxy) is 1. The van der Waals surface area contributed by atoms with Crippen LogP contribution in [0.25, 0.3) is 0 Å². The highest BCUT2D eigenvalue weighted by Gasteiger charge is 2.09. The van der Waals surface area contributed by atoms with E-state index in [0.717, 1.165) is 17.7 Å². The minimum Gasteiger partial charge on any atom is -0.484 e. The molecule has 3 rings (SSSR count). The Balaban J connectivity index is 1.55. The smallest absolute Gasteiger partial charge is 0.262 e. The van der Waals surface area contributed by atoms with Gasteiger partial charge >= 0.3 is 0 Å². The summed E-state index contributed by atoms with van der Waals surface area (Å²) in [4.78, 5) is 16.0. The van der Waals surface area contributed by atoms with E-state index in [-0.39, 0.29) is 24.0 Å². The van der Waals surface area contributed by atoms with Gasteiger partial charge in [-0.25, -0.2) is 13.8 Å². The molecule has 1 heterocycles. The molecule has 0 saturated heterocycles. The summed E-state index contributed by atoms with van der Waals surface area (Å²) in [5.74, 6) is -0.948. The van der Waals surface area contributed by atoms with Crippen molar-refractivity contribution >= 4 is 23.1 Å². The van der Waals surface area contributed by atoms with Crippen molar-refractivity contribution in [2.45, 2.75) is 6.92 Å². The number of pyridine rings is 1. The Kier molecular flexibility index (Phi) is 5.61. The third kappa shape index (κ3) is 5.01. The van der Waals surface area contributed by atoms with Gasteiger partial charge in [-0.1, -0.05) is 23.8 Å². The second-order valence-electron chi connectivity index (χ2n) is 5.80. The van der Waals surface area contributed by atoms with Crippen molar-refractivity contribution in [3.8, 4) is 5.75 Å². The second-order valence-corrected chi connectivity index (χ2v) is 5.80. The van der Waals surface area contributed by atoms with Crippen molar-refractivity contribution in [2.75, 3.05) is 17.2 Å². The number of aromatic nitrogens is 1. The van der Waals surface area contributed by atoms with Gasteiger partial charge < -0.3 is 15.4 Å². The molecule has 138 valence electrons. The third-order valence-electron chi connectivity index (χ3n) is 3.65. The Morgan fingerprint density at radius 3 is 2.37 bits per heavy atom. The van der Waals surface area contributed by atoms with Gasteiger partial charge in [-0.15, -0.1) is 0 Å². The highest BCUT2D eigenvalue weighted by atomic mass is 19.1. The van der Waals surface area contributed by atoms with Crippen LogP contribution in [0.1, 0.15) is 5.56 Å². The number of nitrogens with one attached hydrogen (secondary N) is 2. The summed E-state index contributed by atoms with van der Waals surface area (Å²) in [7, 11) is 0. The zero-order valence-electron chi connectivity index (χ0n) is 14.5. The summed E-state index contributed by atoms with van der Waals surface area (Å²) >= 11 is 0. The first-order valence-electron chi connectivity index (χ1n) is 8.17. The summed E-state index contributed by atoms with van der Waals surface area (Å²) in [5.41, 5.74) is 1.25. The lowest BCUT2D eigenvalue weighted by molar-refractivity contribution is -0.118. The van der Waals surface area contributed by atoms with Gasteiger partial charge in [0, 0.05) is 0 Å². The van der Waals surface area contributed by atoms with Crippen LogP contribution in [0.4, 0.5) is 26.0 Å². The van der Waals surface area contributed by atoms with Gasteiger partial charge in [-0.3, -0.25) is 4.79 Å². The van der Waals surface area contributed by atoms with Gasteiger partial charge in [-0.2, -0.15) is 0 Å². The lowest BCUT2D eigenvalue weighted by Crippen LogP contribution is -2.20. The molecule has 1 amide bonds. The van der Waals surface area contributed by atoms with Gasteiger partial charge in [0.2, 0.25) is 0 Å². The maximum absolute atomic E-state index is 13.6. The zero-order chi connectivity index (χ0) is 19.2. The van der Waals surface area contributed by atoms with Gasteiger partial charge in [0.15, 0.2) is 6.61 Å². The van der Waals surface area contributed by atoms with Crippen LogP contribution in [0.3, 0.4) is 0 Å². The number of amides is 1. The molecular weight excluding hydrogens is 352 g/mol. The molecule has 3 aromatic rings. The molecule has 2 N–H and O–H groups in total. The van der Waals surface area contributed by atoms with E-state index in [9.17, 15) is 13.6 Å². The molecule has 27 heavy (non-hydrogen) atoms. The fraction of sp³-hybridized carbons (Fsp3) is 0.100. The number of nitrogens with zero attached hydrogens (tertiary/aromatic N) is 1. The molecule has 0 aliphatic carbocycles. The summed E-state index contributed by atoms with van der Waals surface area (Å²) < 4.78 is 32.7. The van der Waals surface area contributed by atoms with Crippen molar-refractivity contribution in [3.05, 3.63) is 78.0 Å². The first kappa shape index (κ1) is 18.3. The molecule has 2 aromatic carbocycles. The monoisotopic (exact) mass is 369 g/mol. The number of carbonyl (C=O) groups is 1. The van der Waals surface area contributed by atoms with Gasteiger partial charge in [0.1, 0.15) is 28.9 Å². The molecule has 0 aliphatic heterocycles. The van der Waals surface area contributed by atoms with Crippen LogP contribution in [0, 0.1) is 18.6 Å². The minimum atomic E-state index is -0.720. The fourth-order valence-electron chi connectivity index (χ4n) is 2.27. The van der Waals surface area contributed by atoms with E-state index in [2.05, 4.69) is 15.6 Å². The Hall–Kier alpha value is -3.48. The maximum atomic E-state index is 13.6. The summed E-state index contributed by atoms with van der Waals surface area (Å²) in [6, 6.07) is 14.0. The van der Waals surface area contributed by atoms with Gasteiger partial charge in [-0.05, 0) is 43.3 Å². The van der Waals surface area contributed by atoms with E-state index in [0.29, 0.717) is 11.4 Å². The molecular formula is C20H17F2N3O2. The van der Waals surface area contributed by atoms with Crippen LogP contribution in [0.5, 0.6) is 5.75 Å². The Morgan fingerprint density at radius 1 is 1.04 bits per heavy atom. The lowest BCUT2D eigenvalue weighted by atomic mass is 10.2. The number of rotatable bonds is 6. The minimum absolute atomic E-state index is 0.149. The molecule has 0 spiro atoms. The Morgan fingerprint density at radius 2 is 1.74 bits per heavy atom. The largest absolute Gasteiger partial charge is 0.484 e. The SMILES string of the molecule is Cc1ccc(OCC(=O)Nc2ccc(Nc3c(F)cccc3F)nc2)cc1. The van der Waals surface area contributed by atoms with Crippen LogP contribution in [0.2, 0.25) is 0 Å². The van der Waals surface area contributed by atoms with Crippen molar-refractivity contribution < 1.29 is 18.3 Å². The molecule has 0 saturated carbocycles. The summed E-state index contributed by atoms with van der Waals surface area (Å²) in [6.45, 7) is 1.81. The van der Waals surface area contributed by atoms with E-state index >= 15 is 0 Å². The van der Waals surface area contributed by atoms with Gasteiger partial charge in [0.05, 0.1) is 11.9 Å². The first-order chi connectivity index (χ1) is 13.0. The number of benzene rings is 2. The predicted molar refractivity (Wildman–Crippen MR) is 99.2 cm³/mol. The quantitative estimate of drug-likeness (QED) is 0.675. The molecule has 0 bridgehead atoms. The first-order valence-corrected chi connectivity index (χ1v) is 8.17. The standard InChI is InChI=1S/C20H17F2N3O2/c1-13-5-8-15(9-6-13)27-12-19(26)24-14-7-10-18(23-11-14)25-20-16(21)3-2-4-17(20)22/h2-11H,12H2,1H3,(H,23,25)(H,24,26). The highest BCUT2D eigenvalue weighted by Crippen LogP contribution is 2.22. The van der Waals surface area contributed by atoms with E-state index < -0.39 is 11.6 Å². The third-order valence-corrected chi connectivity index (χ3v) is 3.65. The zero-order valence-corrected chi connectivity index (χ0v) is 14.5. The summed E-state index contributed by atoms with van der Waals surface area (Å²) in [6.07, 6.45) is 1.38. The van der Waals surface area contributed by atoms with Crippen LogP contribution in [-0.4, -0.2) is 17.5 Å². The van der Waals surface area contributed by atoms with Crippen molar-refractivity contribution in [3.63, 3.8) is 0 Å². The topological polar surface area (TPSA) is 63.2 Å². The lowest BCUT2D eigenvalue weighted by Gasteiger charge is -2.10. The molecule has 7 heteroatoms. The number of halogens is 2. The van der Waals surface area contributed by atoms with Gasteiger partial charge in [0.25, 0.3) is 5.91 Å². The van der Waals surface area contributed by atoms with Crippen LogP contribution in [0.15, 0.2) is 60.8 Å². The predicted octanol–water partition coefficient (Wildman–Crippen LogP) is 4.43. The molecule has 0 radical (unpaired) electrons. The average molecular weight is 369 g/mol. The Bertz CT molecular complexity index is 909. The summed E-state index contributed by atoms with van der Waals surface area (Å²) in [5, 5.41) is 5.21. The fourth-order valence-corrected chi connectivity index (χ4v) is 2.27. The van der Waals surface area contributed by atoms with Crippen LogP contribution < -0.4 is 15.4 Å². The number of carbonyl (C=O) groups excluding carboxylic acids is 1. The number of hydrogen-bond donors (Lipinski definition) is 2. The van der Waals surface area contributed by atoms with E-state index in [4.69, 9.17) is 4.74 Å². The molecule has 0 fully saturated rings. The van der Waals surface area contributed by atoms with Crippen LogP contribution >= 0.6 is 0 Å². The number of para-hydroxylation sites is 1. The highest BCUT2D eigenvalue weighted by molar-refractivity contribution is 5.91. The molecule has 0 atom stereocenters.